The molecule has 0 aliphatic carbocycles. The number of hydrogen-bond donors (Lipinski definition) is 1. The number of ether oxygens (including phenoxy) is 1. The highest BCUT2D eigenvalue weighted by atomic mass is 19.1. The van der Waals surface area contributed by atoms with Crippen LogP contribution in [-0.4, -0.2) is 35.3 Å². The summed E-state index contributed by atoms with van der Waals surface area (Å²) in [6.07, 6.45) is -0.0404. The van der Waals surface area contributed by atoms with Gasteiger partial charge in [-0.25, -0.2) is 9.18 Å². The number of amides is 2. The van der Waals surface area contributed by atoms with Crippen LogP contribution in [0.1, 0.15) is 61.5 Å². The van der Waals surface area contributed by atoms with E-state index in [1.807, 2.05) is 13.8 Å². The van der Waals surface area contributed by atoms with Gasteiger partial charge in [-0.15, -0.1) is 0 Å². The van der Waals surface area contributed by atoms with E-state index in [0.29, 0.717) is 16.8 Å². The van der Waals surface area contributed by atoms with E-state index in [1.54, 1.807) is 56.3 Å². The van der Waals surface area contributed by atoms with Gasteiger partial charge in [0.1, 0.15) is 5.82 Å². The summed E-state index contributed by atoms with van der Waals surface area (Å²) in [4.78, 5) is 39.6. The normalized spacial score (nSPS) is 16.2. The van der Waals surface area contributed by atoms with E-state index >= 15 is 0 Å². The van der Waals surface area contributed by atoms with Crippen molar-refractivity contribution in [1.82, 2.24) is 10.2 Å². The van der Waals surface area contributed by atoms with Crippen LogP contribution in [0.3, 0.4) is 0 Å². The van der Waals surface area contributed by atoms with Crippen molar-refractivity contribution < 1.29 is 23.5 Å². The van der Waals surface area contributed by atoms with Crippen molar-refractivity contribution in [3.05, 3.63) is 82.3 Å². The lowest BCUT2D eigenvalue weighted by atomic mass is 9.83. The molecule has 6 nitrogen and oxygen atoms in total. The number of halogens is 1. The zero-order valence-corrected chi connectivity index (χ0v) is 19.4. The van der Waals surface area contributed by atoms with E-state index in [4.69, 9.17) is 4.74 Å². The summed E-state index contributed by atoms with van der Waals surface area (Å²) in [5.41, 5.74) is 2.36. The van der Waals surface area contributed by atoms with Crippen LogP contribution in [0, 0.1) is 5.82 Å². The van der Waals surface area contributed by atoms with Crippen molar-refractivity contribution in [3.8, 4) is 0 Å². The highest BCUT2D eigenvalue weighted by Gasteiger charge is 2.37. The average molecular weight is 453 g/mol. The van der Waals surface area contributed by atoms with Gasteiger partial charge in [0.25, 0.3) is 5.91 Å². The summed E-state index contributed by atoms with van der Waals surface area (Å²) in [6, 6.07) is 13.2. The maximum Gasteiger partial charge on any atom is 0.336 e. The van der Waals surface area contributed by atoms with Gasteiger partial charge in [-0.05, 0) is 57.0 Å². The number of benzene rings is 2. The Hall–Kier alpha value is -3.48. The van der Waals surface area contributed by atoms with Gasteiger partial charge in [-0.3, -0.25) is 9.59 Å². The SMILES string of the molecule is CCOC(=O)C1=C(C)N(Cc2ccc(C(=O)NC(C)C)cc2)C(=O)CC1c1ccccc1F. The Morgan fingerprint density at radius 3 is 2.42 bits per heavy atom. The van der Waals surface area contributed by atoms with Crippen LogP contribution in [0.2, 0.25) is 0 Å². The monoisotopic (exact) mass is 452 g/mol. The second-order valence-electron chi connectivity index (χ2n) is 8.30. The van der Waals surface area contributed by atoms with Gasteiger partial charge in [0.2, 0.25) is 5.91 Å². The van der Waals surface area contributed by atoms with E-state index < -0.39 is 17.7 Å². The molecule has 0 radical (unpaired) electrons. The van der Waals surface area contributed by atoms with Crippen molar-refractivity contribution in [2.24, 2.45) is 0 Å². The number of carbonyl (C=O) groups is 3. The lowest BCUT2D eigenvalue weighted by molar-refractivity contribution is -0.140. The van der Waals surface area contributed by atoms with E-state index in [0.717, 1.165) is 5.56 Å². The Morgan fingerprint density at radius 2 is 1.82 bits per heavy atom. The van der Waals surface area contributed by atoms with Crippen LogP contribution < -0.4 is 5.32 Å². The molecule has 0 aromatic heterocycles. The molecule has 0 bridgehead atoms. The summed E-state index contributed by atoms with van der Waals surface area (Å²) in [5.74, 6) is -2.11. The van der Waals surface area contributed by atoms with Crippen LogP contribution in [0.25, 0.3) is 0 Å². The van der Waals surface area contributed by atoms with Crippen molar-refractivity contribution in [2.45, 2.75) is 52.6 Å². The Bertz CT molecular complexity index is 1080. The molecular formula is C26H29FN2O4. The maximum atomic E-state index is 14.5. The molecule has 0 saturated heterocycles. The second-order valence-corrected chi connectivity index (χ2v) is 8.30. The maximum absolute atomic E-state index is 14.5. The molecule has 7 heteroatoms. The molecule has 0 saturated carbocycles. The Balaban J connectivity index is 1.92. The molecule has 0 fully saturated rings. The minimum Gasteiger partial charge on any atom is -0.463 e. The molecule has 0 spiro atoms. The molecule has 33 heavy (non-hydrogen) atoms. The number of nitrogens with one attached hydrogen (secondary N) is 1. The van der Waals surface area contributed by atoms with Crippen LogP contribution in [-0.2, 0) is 20.9 Å². The van der Waals surface area contributed by atoms with Gasteiger partial charge < -0.3 is 15.0 Å². The van der Waals surface area contributed by atoms with Crippen LogP contribution in [0.5, 0.6) is 0 Å². The molecule has 2 aromatic rings. The lowest BCUT2D eigenvalue weighted by Gasteiger charge is -2.34. The topological polar surface area (TPSA) is 75.7 Å². The number of carbonyl (C=O) groups excluding carboxylic acids is 3. The van der Waals surface area contributed by atoms with E-state index in [1.165, 1.54) is 11.0 Å². The number of rotatable bonds is 7. The quantitative estimate of drug-likeness (QED) is 0.635. The van der Waals surface area contributed by atoms with Crippen molar-refractivity contribution in [1.29, 1.82) is 0 Å². The first-order valence-corrected chi connectivity index (χ1v) is 11.0. The Morgan fingerprint density at radius 1 is 1.15 bits per heavy atom. The molecule has 1 aliphatic heterocycles. The molecule has 174 valence electrons. The van der Waals surface area contributed by atoms with Crippen LogP contribution >= 0.6 is 0 Å². The summed E-state index contributed by atoms with van der Waals surface area (Å²) in [6.45, 7) is 7.56. The summed E-state index contributed by atoms with van der Waals surface area (Å²) in [7, 11) is 0. The van der Waals surface area contributed by atoms with Crippen molar-refractivity contribution in [3.63, 3.8) is 0 Å². The number of hydrogen-bond acceptors (Lipinski definition) is 4. The molecule has 1 atom stereocenters. The zero-order valence-electron chi connectivity index (χ0n) is 19.4. The fourth-order valence-electron chi connectivity index (χ4n) is 3.99. The predicted octanol–water partition coefficient (Wildman–Crippen LogP) is 4.32. The van der Waals surface area contributed by atoms with E-state index in [-0.39, 0.29) is 43.0 Å². The number of allylic oxidation sites excluding steroid dienone is 1. The molecule has 2 amide bonds. The molecule has 1 unspecified atom stereocenters. The first-order chi connectivity index (χ1) is 15.7. The molecular weight excluding hydrogens is 423 g/mol. The molecule has 2 aromatic carbocycles. The first kappa shape index (κ1) is 24.2. The fourth-order valence-corrected chi connectivity index (χ4v) is 3.99. The minimum absolute atomic E-state index is 0.0274. The lowest BCUT2D eigenvalue weighted by Crippen LogP contribution is -2.38. The first-order valence-electron chi connectivity index (χ1n) is 11.0. The standard InChI is InChI=1S/C26H29FN2O4/c1-5-33-26(32)24-17(4)29(23(30)14-21(24)20-8-6-7-9-22(20)27)15-18-10-12-19(13-11-18)25(31)28-16(2)3/h6-13,16,21H,5,14-15H2,1-4H3,(H,28,31). The van der Waals surface area contributed by atoms with Crippen molar-refractivity contribution in [2.75, 3.05) is 6.61 Å². The van der Waals surface area contributed by atoms with Gasteiger partial charge in [0, 0.05) is 29.6 Å². The number of nitrogens with zero attached hydrogens (tertiary/aromatic N) is 1. The Labute approximate surface area is 193 Å². The highest BCUT2D eigenvalue weighted by molar-refractivity contribution is 5.96. The van der Waals surface area contributed by atoms with Gasteiger partial charge in [-0.1, -0.05) is 30.3 Å². The second kappa shape index (κ2) is 10.4. The number of esters is 1. The van der Waals surface area contributed by atoms with Gasteiger partial charge in [-0.2, -0.15) is 0 Å². The summed E-state index contributed by atoms with van der Waals surface area (Å²) in [5, 5.41) is 2.84. The third-order valence-corrected chi connectivity index (χ3v) is 5.58. The van der Waals surface area contributed by atoms with Gasteiger partial charge in [0.15, 0.2) is 0 Å². The van der Waals surface area contributed by atoms with E-state index in [2.05, 4.69) is 5.32 Å². The highest BCUT2D eigenvalue weighted by Crippen LogP contribution is 2.38. The van der Waals surface area contributed by atoms with Gasteiger partial charge in [0.05, 0.1) is 18.7 Å². The Kier molecular flexibility index (Phi) is 7.63. The smallest absolute Gasteiger partial charge is 0.336 e. The van der Waals surface area contributed by atoms with E-state index in [9.17, 15) is 18.8 Å². The van der Waals surface area contributed by atoms with Crippen LogP contribution in [0.15, 0.2) is 59.8 Å². The third-order valence-electron chi connectivity index (χ3n) is 5.58. The molecule has 3 rings (SSSR count). The zero-order chi connectivity index (χ0) is 24.1. The van der Waals surface area contributed by atoms with Gasteiger partial charge >= 0.3 is 5.97 Å². The predicted molar refractivity (Wildman–Crippen MR) is 123 cm³/mol. The summed E-state index contributed by atoms with van der Waals surface area (Å²) >= 11 is 0. The largest absolute Gasteiger partial charge is 0.463 e. The third kappa shape index (κ3) is 5.48. The summed E-state index contributed by atoms with van der Waals surface area (Å²) < 4.78 is 19.8. The molecule has 1 heterocycles. The van der Waals surface area contributed by atoms with Crippen LogP contribution in [0.4, 0.5) is 4.39 Å². The molecule has 1 N–H and O–H groups in total. The fraction of sp³-hybridized carbons (Fsp3) is 0.346. The molecule has 1 aliphatic rings. The average Bonchev–Trinajstić information content (AvgIpc) is 2.76. The van der Waals surface area contributed by atoms with Crippen molar-refractivity contribution >= 4 is 17.8 Å². The minimum atomic E-state index is -0.712.